The third kappa shape index (κ3) is 2.14. The van der Waals surface area contributed by atoms with Gasteiger partial charge < -0.3 is 0 Å². The van der Waals surface area contributed by atoms with E-state index in [2.05, 4.69) is 45.2 Å². The molecule has 0 aliphatic rings. The average Bonchev–Trinajstić information content (AvgIpc) is 2.16. The maximum absolute atomic E-state index is 3.99. The molecule has 0 amide bonds. The fourth-order valence-electron chi connectivity index (χ4n) is 1.57. The second-order valence-electron chi connectivity index (χ2n) is 3.79. The lowest BCUT2D eigenvalue weighted by Crippen LogP contribution is -1.91. The summed E-state index contributed by atoms with van der Waals surface area (Å²) in [5, 5.41) is 0. The second kappa shape index (κ2) is 4.28. The van der Waals surface area contributed by atoms with Gasteiger partial charge in [0.2, 0.25) is 0 Å². The fraction of sp³-hybridized carbons (Fsp3) is 0.286. The quantitative estimate of drug-likeness (QED) is 0.659. The Kier molecular flexibility index (Phi) is 3.29. The summed E-state index contributed by atoms with van der Waals surface area (Å²) in [6.45, 7) is 14.2. The van der Waals surface area contributed by atoms with Crippen LogP contribution in [0, 0.1) is 0 Å². The molecule has 0 N–H and O–H groups in total. The highest BCUT2D eigenvalue weighted by Crippen LogP contribution is 2.22. The normalized spacial score (nSPS) is 9.93. The summed E-state index contributed by atoms with van der Waals surface area (Å²) in [4.78, 5) is 0. The zero-order valence-corrected chi connectivity index (χ0v) is 9.35. The van der Waals surface area contributed by atoms with E-state index in [-0.39, 0.29) is 0 Å². The minimum Gasteiger partial charge on any atom is -0.0955 e. The maximum Gasteiger partial charge on any atom is -0.0201 e. The van der Waals surface area contributed by atoms with Crippen molar-refractivity contribution in [3.8, 4) is 0 Å². The fourth-order valence-corrected chi connectivity index (χ4v) is 1.57. The molecule has 1 aromatic rings. The van der Waals surface area contributed by atoms with Crippen LogP contribution < -0.4 is 0 Å². The molecule has 0 heteroatoms. The van der Waals surface area contributed by atoms with Gasteiger partial charge in [0.15, 0.2) is 0 Å². The van der Waals surface area contributed by atoms with Crippen molar-refractivity contribution in [1.82, 2.24) is 0 Å². The molecule has 0 heterocycles. The summed E-state index contributed by atoms with van der Waals surface area (Å²) >= 11 is 0. The van der Waals surface area contributed by atoms with Crippen molar-refractivity contribution in [3.05, 3.63) is 48.0 Å². The first-order valence-corrected chi connectivity index (χ1v) is 5.01. The number of benzene rings is 1. The van der Waals surface area contributed by atoms with E-state index in [1.807, 2.05) is 6.92 Å². The van der Waals surface area contributed by atoms with Gasteiger partial charge in [-0.1, -0.05) is 49.4 Å². The van der Waals surface area contributed by atoms with E-state index in [1.165, 1.54) is 16.7 Å². The molecular formula is C14H18. The Morgan fingerprint density at radius 2 is 1.79 bits per heavy atom. The molecule has 0 spiro atoms. The van der Waals surface area contributed by atoms with Gasteiger partial charge in [0.25, 0.3) is 0 Å². The SMILES string of the molecule is C=C(C)c1ccc(C(=C)C)c(CC)c1. The molecule has 0 aliphatic heterocycles. The van der Waals surface area contributed by atoms with Crippen LogP contribution in [0.5, 0.6) is 0 Å². The van der Waals surface area contributed by atoms with Gasteiger partial charge in [0.1, 0.15) is 0 Å². The third-order valence-electron chi connectivity index (χ3n) is 2.44. The van der Waals surface area contributed by atoms with Crippen LogP contribution in [0.3, 0.4) is 0 Å². The zero-order chi connectivity index (χ0) is 10.7. The summed E-state index contributed by atoms with van der Waals surface area (Å²) < 4.78 is 0. The summed E-state index contributed by atoms with van der Waals surface area (Å²) in [7, 11) is 0. The standard InChI is InChI=1S/C14H18/c1-6-12-9-13(10(2)3)7-8-14(12)11(4)5/h7-9H,2,4,6H2,1,3,5H3. The Hall–Kier alpha value is -1.30. The monoisotopic (exact) mass is 186 g/mol. The lowest BCUT2D eigenvalue weighted by atomic mass is 9.96. The number of hydrogen-bond acceptors (Lipinski definition) is 0. The first kappa shape index (κ1) is 10.8. The van der Waals surface area contributed by atoms with Crippen molar-refractivity contribution in [1.29, 1.82) is 0 Å². The van der Waals surface area contributed by atoms with E-state index in [9.17, 15) is 0 Å². The molecule has 74 valence electrons. The van der Waals surface area contributed by atoms with Gasteiger partial charge in [-0.3, -0.25) is 0 Å². The highest BCUT2D eigenvalue weighted by atomic mass is 14.1. The van der Waals surface area contributed by atoms with Gasteiger partial charge in [-0.05, 0) is 37.0 Å². The van der Waals surface area contributed by atoms with Crippen LogP contribution in [0.2, 0.25) is 0 Å². The topological polar surface area (TPSA) is 0 Å². The molecule has 0 nitrogen and oxygen atoms in total. The first-order valence-electron chi connectivity index (χ1n) is 5.01. The van der Waals surface area contributed by atoms with Crippen molar-refractivity contribution < 1.29 is 0 Å². The second-order valence-corrected chi connectivity index (χ2v) is 3.79. The number of allylic oxidation sites excluding steroid dienone is 2. The van der Waals surface area contributed by atoms with Gasteiger partial charge in [-0.25, -0.2) is 0 Å². The molecule has 0 saturated carbocycles. The average molecular weight is 186 g/mol. The Bertz CT molecular complexity index is 370. The van der Waals surface area contributed by atoms with E-state index < -0.39 is 0 Å². The molecule has 0 aliphatic carbocycles. The molecule has 0 saturated heterocycles. The molecule has 0 fully saturated rings. The Balaban J connectivity index is 3.25. The van der Waals surface area contributed by atoms with Crippen molar-refractivity contribution in [2.45, 2.75) is 27.2 Å². The molecular weight excluding hydrogens is 168 g/mol. The number of hydrogen-bond donors (Lipinski definition) is 0. The minimum absolute atomic E-state index is 1.04. The van der Waals surface area contributed by atoms with E-state index >= 15 is 0 Å². The number of rotatable bonds is 3. The molecule has 0 atom stereocenters. The van der Waals surface area contributed by atoms with E-state index in [0.717, 1.165) is 17.6 Å². The number of aryl methyl sites for hydroxylation is 1. The molecule has 0 radical (unpaired) electrons. The summed E-state index contributed by atoms with van der Waals surface area (Å²) in [6.07, 6.45) is 1.04. The zero-order valence-electron chi connectivity index (χ0n) is 9.35. The first-order chi connectivity index (χ1) is 6.56. The van der Waals surface area contributed by atoms with E-state index in [4.69, 9.17) is 0 Å². The summed E-state index contributed by atoms with van der Waals surface area (Å²) in [5.41, 5.74) is 6.12. The van der Waals surface area contributed by atoms with Crippen LogP contribution in [-0.2, 0) is 6.42 Å². The summed E-state index contributed by atoms with van der Waals surface area (Å²) in [6, 6.07) is 6.48. The Morgan fingerprint density at radius 1 is 1.14 bits per heavy atom. The lowest BCUT2D eigenvalue weighted by Gasteiger charge is -2.10. The maximum atomic E-state index is 3.99. The molecule has 1 aromatic carbocycles. The minimum atomic E-state index is 1.04. The smallest absolute Gasteiger partial charge is 0.0201 e. The van der Waals surface area contributed by atoms with Gasteiger partial charge in [-0.15, -0.1) is 0 Å². The Morgan fingerprint density at radius 3 is 2.21 bits per heavy atom. The predicted octanol–water partition coefficient (Wildman–Crippen LogP) is 4.32. The van der Waals surface area contributed by atoms with Crippen molar-refractivity contribution in [2.75, 3.05) is 0 Å². The van der Waals surface area contributed by atoms with E-state index in [0.29, 0.717) is 0 Å². The van der Waals surface area contributed by atoms with Crippen LogP contribution >= 0.6 is 0 Å². The highest BCUT2D eigenvalue weighted by Gasteiger charge is 2.03. The van der Waals surface area contributed by atoms with Gasteiger partial charge >= 0.3 is 0 Å². The largest absolute Gasteiger partial charge is 0.0955 e. The van der Waals surface area contributed by atoms with Gasteiger partial charge in [0, 0.05) is 0 Å². The summed E-state index contributed by atoms with van der Waals surface area (Å²) in [5.74, 6) is 0. The van der Waals surface area contributed by atoms with Gasteiger partial charge in [0.05, 0.1) is 0 Å². The van der Waals surface area contributed by atoms with Crippen LogP contribution in [0.25, 0.3) is 11.1 Å². The van der Waals surface area contributed by atoms with E-state index in [1.54, 1.807) is 0 Å². The third-order valence-corrected chi connectivity index (χ3v) is 2.44. The van der Waals surface area contributed by atoms with Crippen molar-refractivity contribution in [3.63, 3.8) is 0 Å². The van der Waals surface area contributed by atoms with Crippen LogP contribution in [0.15, 0.2) is 31.4 Å². The van der Waals surface area contributed by atoms with Crippen LogP contribution in [0.4, 0.5) is 0 Å². The van der Waals surface area contributed by atoms with Crippen molar-refractivity contribution >= 4 is 11.1 Å². The Labute approximate surface area is 87.0 Å². The molecule has 0 bridgehead atoms. The molecule has 0 unspecified atom stereocenters. The van der Waals surface area contributed by atoms with Crippen molar-refractivity contribution in [2.24, 2.45) is 0 Å². The molecule has 14 heavy (non-hydrogen) atoms. The van der Waals surface area contributed by atoms with Crippen LogP contribution in [-0.4, -0.2) is 0 Å². The molecule has 1 rings (SSSR count). The highest BCUT2D eigenvalue weighted by molar-refractivity contribution is 5.69. The van der Waals surface area contributed by atoms with Gasteiger partial charge in [-0.2, -0.15) is 0 Å². The van der Waals surface area contributed by atoms with Crippen LogP contribution in [0.1, 0.15) is 37.5 Å². The predicted molar refractivity (Wildman–Crippen MR) is 65.2 cm³/mol. The molecule has 0 aromatic heterocycles. The lowest BCUT2D eigenvalue weighted by molar-refractivity contribution is 1.12.